The summed E-state index contributed by atoms with van der Waals surface area (Å²) in [6.45, 7) is 4.16. The van der Waals surface area contributed by atoms with Gasteiger partial charge in [0, 0.05) is 30.9 Å². The molecule has 0 spiro atoms. The van der Waals surface area contributed by atoms with Crippen molar-refractivity contribution >= 4 is 23.4 Å². The lowest BCUT2D eigenvalue weighted by atomic mass is 10.1. The van der Waals surface area contributed by atoms with Crippen LogP contribution in [0.3, 0.4) is 0 Å². The van der Waals surface area contributed by atoms with Gasteiger partial charge in [-0.2, -0.15) is 0 Å². The van der Waals surface area contributed by atoms with Gasteiger partial charge in [0.1, 0.15) is 0 Å². The van der Waals surface area contributed by atoms with Crippen molar-refractivity contribution in [2.75, 3.05) is 11.1 Å². The van der Waals surface area contributed by atoms with Gasteiger partial charge in [0.05, 0.1) is 5.75 Å². The van der Waals surface area contributed by atoms with Crippen molar-refractivity contribution in [2.24, 2.45) is 0 Å². The van der Waals surface area contributed by atoms with E-state index in [4.69, 9.17) is 4.42 Å². The van der Waals surface area contributed by atoms with Gasteiger partial charge in [-0.1, -0.05) is 30.0 Å². The number of hydrogen-bond acceptors (Lipinski definition) is 7. The first-order valence-electron chi connectivity index (χ1n) is 8.53. The Kier molecular flexibility index (Phi) is 6.09. The third-order valence-corrected chi connectivity index (χ3v) is 4.80. The van der Waals surface area contributed by atoms with Gasteiger partial charge in [-0.3, -0.25) is 14.6 Å². The summed E-state index contributed by atoms with van der Waals surface area (Å²) in [6.07, 6.45) is 1.74. The molecule has 3 rings (SSSR count). The van der Waals surface area contributed by atoms with Crippen LogP contribution in [0.1, 0.15) is 17.0 Å². The Bertz CT molecular complexity index is 1080. The smallest absolute Gasteiger partial charge is 0.328 e. The summed E-state index contributed by atoms with van der Waals surface area (Å²) in [6, 6.07) is 7.09. The molecule has 0 radical (unpaired) electrons. The molecule has 0 bridgehead atoms. The molecule has 9 nitrogen and oxygen atoms in total. The van der Waals surface area contributed by atoms with Crippen LogP contribution < -0.4 is 16.6 Å². The average molecular weight is 401 g/mol. The Morgan fingerprint density at radius 1 is 1.21 bits per heavy atom. The fourth-order valence-electron chi connectivity index (χ4n) is 2.55. The van der Waals surface area contributed by atoms with E-state index in [9.17, 15) is 14.4 Å². The van der Waals surface area contributed by atoms with Crippen molar-refractivity contribution in [3.05, 3.63) is 68.3 Å². The van der Waals surface area contributed by atoms with Gasteiger partial charge in [-0.05, 0) is 25.0 Å². The molecule has 1 aromatic carbocycles. The van der Waals surface area contributed by atoms with Crippen LogP contribution in [0.2, 0.25) is 0 Å². The average Bonchev–Trinajstić information content (AvgIpc) is 3.10. The predicted octanol–water partition coefficient (Wildman–Crippen LogP) is 1.51. The molecule has 3 aromatic rings. The predicted molar refractivity (Wildman–Crippen MR) is 105 cm³/mol. The molecule has 0 aliphatic carbocycles. The van der Waals surface area contributed by atoms with E-state index < -0.39 is 11.2 Å². The number of aromatic nitrogens is 4. The van der Waals surface area contributed by atoms with E-state index in [1.54, 1.807) is 0 Å². The molecular formula is C18H19N5O4S. The number of rotatable bonds is 7. The van der Waals surface area contributed by atoms with E-state index in [1.807, 2.05) is 32.0 Å². The number of aromatic amines is 1. The number of hydrogen-bond donors (Lipinski definition) is 2. The maximum atomic E-state index is 12.2. The Hall–Kier alpha value is -3.14. The topological polar surface area (TPSA) is 123 Å². The van der Waals surface area contributed by atoms with Gasteiger partial charge in [0.25, 0.3) is 10.8 Å². The highest BCUT2D eigenvalue weighted by molar-refractivity contribution is 7.99. The van der Waals surface area contributed by atoms with Crippen molar-refractivity contribution in [2.45, 2.75) is 32.0 Å². The van der Waals surface area contributed by atoms with Gasteiger partial charge in [-0.15, -0.1) is 10.2 Å². The third-order valence-electron chi connectivity index (χ3n) is 3.98. The minimum atomic E-state index is -0.496. The number of H-pyrrole nitrogens is 1. The van der Waals surface area contributed by atoms with E-state index in [0.29, 0.717) is 12.3 Å². The number of para-hydroxylation sites is 1. The first-order chi connectivity index (χ1) is 13.4. The quantitative estimate of drug-likeness (QED) is 0.575. The molecule has 146 valence electrons. The highest BCUT2D eigenvalue weighted by Gasteiger charge is 2.12. The summed E-state index contributed by atoms with van der Waals surface area (Å²) < 4.78 is 6.83. The van der Waals surface area contributed by atoms with Crippen LogP contribution >= 0.6 is 11.8 Å². The van der Waals surface area contributed by atoms with Crippen LogP contribution in [-0.2, 0) is 17.8 Å². The minimum Gasteiger partial charge on any atom is -0.416 e. The molecule has 0 fully saturated rings. The highest BCUT2D eigenvalue weighted by atomic mass is 32.2. The second-order valence-corrected chi connectivity index (χ2v) is 7.05. The largest absolute Gasteiger partial charge is 0.416 e. The van der Waals surface area contributed by atoms with Crippen LogP contribution in [0.25, 0.3) is 0 Å². The molecule has 2 N–H and O–H groups in total. The zero-order valence-electron chi connectivity index (χ0n) is 15.4. The molecule has 10 heteroatoms. The number of nitrogens with one attached hydrogen (secondary N) is 2. The number of nitrogens with zero attached hydrogens (tertiary/aromatic N) is 3. The summed E-state index contributed by atoms with van der Waals surface area (Å²) >= 11 is 1.14. The lowest BCUT2D eigenvalue weighted by molar-refractivity contribution is -0.113. The number of benzene rings is 1. The van der Waals surface area contributed by atoms with Crippen LogP contribution in [0.15, 0.2) is 49.7 Å². The van der Waals surface area contributed by atoms with Crippen molar-refractivity contribution in [1.29, 1.82) is 0 Å². The van der Waals surface area contributed by atoms with Gasteiger partial charge in [0.2, 0.25) is 11.8 Å². The summed E-state index contributed by atoms with van der Waals surface area (Å²) in [7, 11) is 0. The van der Waals surface area contributed by atoms with Crippen LogP contribution in [0.5, 0.6) is 0 Å². The maximum absolute atomic E-state index is 12.2. The fraction of sp³-hybridized carbons (Fsp3) is 0.278. The number of carbonyl (C=O) groups excluding carboxylic acids is 1. The van der Waals surface area contributed by atoms with Gasteiger partial charge in [-0.25, -0.2) is 4.79 Å². The molecule has 1 amide bonds. The summed E-state index contributed by atoms with van der Waals surface area (Å²) in [5.41, 5.74) is 1.86. The number of amides is 1. The second-order valence-electron chi connectivity index (χ2n) is 6.12. The normalized spacial score (nSPS) is 10.8. The van der Waals surface area contributed by atoms with Crippen LogP contribution in [0, 0.1) is 13.8 Å². The van der Waals surface area contributed by atoms with Gasteiger partial charge < -0.3 is 14.3 Å². The van der Waals surface area contributed by atoms with Gasteiger partial charge >= 0.3 is 5.69 Å². The Morgan fingerprint density at radius 2 is 1.96 bits per heavy atom. The Morgan fingerprint density at radius 3 is 2.68 bits per heavy atom. The summed E-state index contributed by atoms with van der Waals surface area (Å²) in [5.74, 6) is 0.312. The molecule has 28 heavy (non-hydrogen) atoms. The lowest BCUT2D eigenvalue weighted by Gasteiger charge is -2.10. The number of anilines is 1. The standard InChI is InChI=1S/C18H19N5O4S/c1-11-4-3-5-12(2)16(11)19-14(25)10-28-18-22-21-15(27-18)7-9-23-8-6-13(24)20-17(23)26/h3-6,8H,7,9-10H2,1-2H3,(H,19,25)(H,20,24,26). The van der Waals surface area contributed by atoms with E-state index in [0.717, 1.165) is 28.6 Å². The van der Waals surface area contributed by atoms with E-state index in [-0.39, 0.29) is 23.4 Å². The third kappa shape index (κ3) is 4.97. The SMILES string of the molecule is Cc1cccc(C)c1NC(=O)CSc1nnc(CCn2ccc(=O)[nH]c2=O)o1. The van der Waals surface area contributed by atoms with E-state index in [1.165, 1.54) is 16.8 Å². The minimum absolute atomic E-state index is 0.134. The molecule has 0 aliphatic heterocycles. The van der Waals surface area contributed by atoms with E-state index >= 15 is 0 Å². The number of carbonyl (C=O) groups is 1. The summed E-state index contributed by atoms with van der Waals surface area (Å²) in [4.78, 5) is 37.0. The molecule has 0 saturated carbocycles. The monoisotopic (exact) mass is 401 g/mol. The molecule has 2 heterocycles. The lowest BCUT2D eigenvalue weighted by Crippen LogP contribution is -2.29. The first-order valence-corrected chi connectivity index (χ1v) is 9.52. The first kappa shape index (κ1) is 19.6. The van der Waals surface area contributed by atoms with Crippen molar-refractivity contribution in [3.63, 3.8) is 0 Å². The van der Waals surface area contributed by atoms with Crippen LogP contribution in [-0.4, -0.2) is 31.4 Å². The molecule has 0 atom stereocenters. The molecule has 0 saturated heterocycles. The van der Waals surface area contributed by atoms with Crippen molar-refractivity contribution in [3.8, 4) is 0 Å². The molecule has 0 unspecified atom stereocenters. The zero-order valence-corrected chi connectivity index (χ0v) is 16.2. The number of aryl methyl sites for hydroxylation is 4. The van der Waals surface area contributed by atoms with Crippen LogP contribution in [0.4, 0.5) is 5.69 Å². The van der Waals surface area contributed by atoms with Crippen molar-refractivity contribution in [1.82, 2.24) is 19.7 Å². The second kappa shape index (κ2) is 8.70. The summed E-state index contributed by atoms with van der Waals surface area (Å²) in [5, 5.41) is 11.0. The van der Waals surface area contributed by atoms with Gasteiger partial charge in [0.15, 0.2) is 0 Å². The zero-order chi connectivity index (χ0) is 20.1. The van der Waals surface area contributed by atoms with Crippen molar-refractivity contribution < 1.29 is 9.21 Å². The molecular weight excluding hydrogens is 382 g/mol. The fourth-order valence-corrected chi connectivity index (χ4v) is 3.13. The Balaban J connectivity index is 1.52. The highest BCUT2D eigenvalue weighted by Crippen LogP contribution is 2.21. The molecule has 0 aliphatic rings. The van der Waals surface area contributed by atoms with E-state index in [2.05, 4.69) is 20.5 Å². The number of thioether (sulfide) groups is 1. The Labute approximate surface area is 164 Å². The maximum Gasteiger partial charge on any atom is 0.328 e. The molecule has 2 aromatic heterocycles.